The number of aliphatic imine (C=N–C) groups is 1. The van der Waals surface area contributed by atoms with Crippen LogP contribution in [0.2, 0.25) is 13.1 Å². The molecule has 2 aromatic rings. The van der Waals surface area contributed by atoms with Crippen molar-refractivity contribution in [2.45, 2.75) is 26.4 Å². The van der Waals surface area contributed by atoms with E-state index in [4.69, 9.17) is 4.43 Å². The van der Waals surface area contributed by atoms with Gasteiger partial charge in [-0.05, 0) is 37.7 Å². The number of hydrogen-bond acceptors (Lipinski definition) is 4. The Morgan fingerprint density at radius 1 is 1.20 bits per heavy atom. The Labute approximate surface area is 121 Å². The van der Waals surface area contributed by atoms with Gasteiger partial charge < -0.3 is 4.43 Å². The molecule has 1 aromatic heterocycles. The number of hydrogen-bond donors (Lipinski definition) is 0. The molecule has 0 fully saturated rings. The standard InChI is InChI=1S/C15H19N3OSi/c1-12-10-17-15(18-11-12)8-9-16-13-6-4-5-7-14(13)19-20(2)3/h4-7,9-11,20H,8H2,1-3H3. The molecule has 104 valence electrons. The van der Waals surface area contributed by atoms with E-state index >= 15 is 0 Å². The fourth-order valence-electron chi connectivity index (χ4n) is 1.67. The number of nitrogens with zero attached hydrogens (tertiary/aromatic N) is 3. The second-order valence-corrected chi connectivity index (χ2v) is 7.16. The Hall–Kier alpha value is -2.01. The monoisotopic (exact) mass is 285 g/mol. The molecule has 0 unspecified atom stereocenters. The Balaban J connectivity index is 2.05. The van der Waals surface area contributed by atoms with Crippen molar-refractivity contribution >= 4 is 20.9 Å². The highest BCUT2D eigenvalue weighted by molar-refractivity contribution is 6.49. The van der Waals surface area contributed by atoms with Gasteiger partial charge in [0.25, 0.3) is 0 Å². The highest BCUT2D eigenvalue weighted by atomic mass is 28.3. The summed E-state index contributed by atoms with van der Waals surface area (Å²) in [7, 11) is -1.12. The van der Waals surface area contributed by atoms with Crippen LogP contribution < -0.4 is 4.43 Å². The summed E-state index contributed by atoms with van der Waals surface area (Å²) >= 11 is 0. The minimum absolute atomic E-state index is 0.619. The van der Waals surface area contributed by atoms with Crippen LogP contribution in [-0.2, 0) is 6.42 Å². The summed E-state index contributed by atoms with van der Waals surface area (Å²) in [6, 6.07) is 7.85. The van der Waals surface area contributed by atoms with Crippen molar-refractivity contribution in [1.29, 1.82) is 0 Å². The Bertz CT molecular complexity index is 582. The van der Waals surface area contributed by atoms with E-state index in [0.29, 0.717) is 6.42 Å². The van der Waals surface area contributed by atoms with Crippen LogP contribution in [0.3, 0.4) is 0 Å². The Morgan fingerprint density at radius 3 is 2.60 bits per heavy atom. The number of aryl methyl sites for hydroxylation is 1. The van der Waals surface area contributed by atoms with Crippen LogP contribution in [0.4, 0.5) is 5.69 Å². The normalized spacial score (nSPS) is 11.2. The first-order valence-corrected chi connectivity index (χ1v) is 9.49. The molecule has 0 aliphatic carbocycles. The minimum Gasteiger partial charge on any atom is -0.546 e. The lowest BCUT2D eigenvalue weighted by Gasteiger charge is -2.11. The topological polar surface area (TPSA) is 47.4 Å². The summed E-state index contributed by atoms with van der Waals surface area (Å²) in [5.74, 6) is 1.63. The quantitative estimate of drug-likeness (QED) is 0.626. The van der Waals surface area contributed by atoms with Gasteiger partial charge >= 0.3 is 0 Å². The molecule has 0 atom stereocenters. The maximum atomic E-state index is 5.86. The van der Waals surface area contributed by atoms with Crippen LogP contribution in [0.15, 0.2) is 41.7 Å². The van der Waals surface area contributed by atoms with E-state index < -0.39 is 9.04 Å². The SMILES string of the molecule is Cc1cnc(CC=Nc2ccccc2O[SiH](C)C)nc1. The number of aromatic nitrogens is 2. The smallest absolute Gasteiger partial charge is 0.229 e. The van der Waals surface area contributed by atoms with E-state index in [1.165, 1.54) is 0 Å². The molecule has 20 heavy (non-hydrogen) atoms. The van der Waals surface area contributed by atoms with Gasteiger partial charge in [-0.2, -0.15) is 0 Å². The van der Waals surface area contributed by atoms with E-state index in [-0.39, 0.29) is 0 Å². The van der Waals surface area contributed by atoms with E-state index in [9.17, 15) is 0 Å². The summed E-state index contributed by atoms with van der Waals surface area (Å²) in [5, 5.41) is 0. The number of benzene rings is 1. The van der Waals surface area contributed by atoms with Gasteiger partial charge in [-0.25, -0.2) is 9.97 Å². The van der Waals surface area contributed by atoms with Crippen LogP contribution in [-0.4, -0.2) is 25.2 Å². The fourth-order valence-corrected chi connectivity index (χ4v) is 2.37. The van der Waals surface area contributed by atoms with E-state index in [2.05, 4.69) is 28.1 Å². The highest BCUT2D eigenvalue weighted by Crippen LogP contribution is 2.26. The maximum absolute atomic E-state index is 5.86. The van der Waals surface area contributed by atoms with Crippen molar-refractivity contribution in [1.82, 2.24) is 9.97 Å². The summed E-state index contributed by atoms with van der Waals surface area (Å²) in [6.07, 6.45) is 6.08. The first-order chi connectivity index (χ1) is 9.65. The molecule has 0 aliphatic heterocycles. The molecule has 1 heterocycles. The van der Waals surface area contributed by atoms with Gasteiger partial charge in [-0.3, -0.25) is 4.99 Å². The molecule has 0 saturated heterocycles. The molecule has 5 heteroatoms. The van der Waals surface area contributed by atoms with Crippen LogP contribution in [0.5, 0.6) is 5.75 Å². The third-order valence-electron chi connectivity index (χ3n) is 2.57. The fraction of sp³-hybridized carbons (Fsp3) is 0.267. The third-order valence-corrected chi connectivity index (χ3v) is 3.29. The zero-order chi connectivity index (χ0) is 14.4. The molecule has 0 bridgehead atoms. The molecule has 2 rings (SSSR count). The number of para-hydroxylation sites is 2. The average Bonchev–Trinajstić information content (AvgIpc) is 2.42. The zero-order valence-corrected chi connectivity index (χ0v) is 13.2. The maximum Gasteiger partial charge on any atom is 0.229 e. The summed E-state index contributed by atoms with van der Waals surface area (Å²) in [4.78, 5) is 13.0. The third kappa shape index (κ3) is 4.27. The van der Waals surface area contributed by atoms with Gasteiger partial charge in [0, 0.05) is 25.0 Å². The van der Waals surface area contributed by atoms with Gasteiger partial charge in [0.15, 0.2) is 0 Å². The molecular formula is C15H19N3OSi. The molecule has 0 aliphatic rings. The van der Waals surface area contributed by atoms with Gasteiger partial charge in [0.2, 0.25) is 9.04 Å². The molecule has 0 spiro atoms. The summed E-state index contributed by atoms with van der Waals surface area (Å²) in [6.45, 7) is 6.25. The van der Waals surface area contributed by atoms with Gasteiger partial charge in [0.1, 0.15) is 17.3 Å². The van der Waals surface area contributed by atoms with Crippen LogP contribution in [0.25, 0.3) is 0 Å². The Kier molecular flexibility index (Phi) is 5.01. The molecule has 1 aromatic carbocycles. The lowest BCUT2D eigenvalue weighted by molar-refractivity contribution is 0.582. The van der Waals surface area contributed by atoms with Gasteiger partial charge in [-0.1, -0.05) is 12.1 Å². The lowest BCUT2D eigenvalue weighted by atomic mass is 10.3. The van der Waals surface area contributed by atoms with Gasteiger partial charge in [-0.15, -0.1) is 0 Å². The molecule has 0 amide bonds. The first-order valence-electron chi connectivity index (χ1n) is 6.71. The Morgan fingerprint density at radius 2 is 1.90 bits per heavy atom. The van der Waals surface area contributed by atoms with E-state index in [0.717, 1.165) is 22.8 Å². The van der Waals surface area contributed by atoms with Crippen LogP contribution >= 0.6 is 0 Å². The van der Waals surface area contributed by atoms with E-state index in [1.54, 1.807) is 0 Å². The molecule has 0 saturated carbocycles. The number of rotatable bonds is 5. The zero-order valence-electron chi connectivity index (χ0n) is 12.1. The van der Waals surface area contributed by atoms with Crippen LogP contribution in [0, 0.1) is 6.92 Å². The predicted molar refractivity (Wildman–Crippen MR) is 84.6 cm³/mol. The predicted octanol–water partition coefficient (Wildman–Crippen LogP) is 3.09. The van der Waals surface area contributed by atoms with Crippen molar-refractivity contribution in [2.24, 2.45) is 4.99 Å². The lowest BCUT2D eigenvalue weighted by Crippen LogP contribution is -2.11. The molecule has 0 N–H and O–H groups in total. The summed E-state index contributed by atoms with van der Waals surface area (Å²) in [5.41, 5.74) is 1.92. The second kappa shape index (κ2) is 6.95. The van der Waals surface area contributed by atoms with Crippen molar-refractivity contribution < 1.29 is 4.43 Å². The van der Waals surface area contributed by atoms with Crippen molar-refractivity contribution in [2.75, 3.05) is 0 Å². The van der Waals surface area contributed by atoms with Crippen molar-refractivity contribution in [3.63, 3.8) is 0 Å². The average molecular weight is 285 g/mol. The van der Waals surface area contributed by atoms with Gasteiger partial charge in [0.05, 0.1) is 0 Å². The van der Waals surface area contributed by atoms with E-state index in [1.807, 2.05) is 49.8 Å². The second-order valence-electron chi connectivity index (χ2n) is 4.83. The van der Waals surface area contributed by atoms with Crippen LogP contribution in [0.1, 0.15) is 11.4 Å². The summed E-state index contributed by atoms with van der Waals surface area (Å²) < 4.78 is 5.86. The first kappa shape index (κ1) is 14.4. The van der Waals surface area contributed by atoms with Crippen molar-refractivity contribution in [3.8, 4) is 5.75 Å². The molecular weight excluding hydrogens is 266 g/mol. The molecule has 4 nitrogen and oxygen atoms in total. The largest absolute Gasteiger partial charge is 0.546 e. The highest BCUT2D eigenvalue weighted by Gasteiger charge is 2.03. The minimum atomic E-state index is -1.12. The van der Waals surface area contributed by atoms with Crippen molar-refractivity contribution in [3.05, 3.63) is 48.0 Å². The molecule has 0 radical (unpaired) electrons.